The standard InChI is InChI=1S/C18H17ClN4O/c1-2-20-18(24)11-23-17-8-14(15(19)10-22-17)13-7-12-5-3-4-6-16(12)21-9-13/h3-10H,2,11H2,1H3,(H,20,24)(H,22,23). The molecule has 0 spiro atoms. The van der Waals surface area contributed by atoms with Crippen molar-refractivity contribution in [2.75, 3.05) is 18.4 Å². The van der Waals surface area contributed by atoms with Gasteiger partial charge in [-0.2, -0.15) is 0 Å². The van der Waals surface area contributed by atoms with E-state index in [9.17, 15) is 4.79 Å². The zero-order chi connectivity index (χ0) is 16.9. The lowest BCUT2D eigenvalue weighted by molar-refractivity contribution is -0.119. The fourth-order valence-corrected chi connectivity index (χ4v) is 2.62. The lowest BCUT2D eigenvalue weighted by Gasteiger charge is -2.10. The summed E-state index contributed by atoms with van der Waals surface area (Å²) in [6, 6.07) is 11.8. The third kappa shape index (κ3) is 3.63. The van der Waals surface area contributed by atoms with Gasteiger partial charge in [-0.25, -0.2) is 4.98 Å². The average molecular weight is 341 g/mol. The highest BCUT2D eigenvalue weighted by Crippen LogP contribution is 2.30. The van der Waals surface area contributed by atoms with Crippen LogP contribution in [-0.2, 0) is 4.79 Å². The van der Waals surface area contributed by atoms with E-state index in [0.717, 1.165) is 22.0 Å². The number of carbonyl (C=O) groups is 1. The van der Waals surface area contributed by atoms with Gasteiger partial charge in [0.05, 0.1) is 17.1 Å². The van der Waals surface area contributed by atoms with Crippen LogP contribution in [0.5, 0.6) is 0 Å². The largest absolute Gasteiger partial charge is 0.361 e. The molecule has 1 aromatic carbocycles. The number of nitrogens with zero attached hydrogens (tertiary/aromatic N) is 2. The summed E-state index contributed by atoms with van der Waals surface area (Å²) in [4.78, 5) is 20.2. The summed E-state index contributed by atoms with van der Waals surface area (Å²) < 4.78 is 0. The molecule has 0 radical (unpaired) electrons. The molecule has 0 aliphatic heterocycles. The smallest absolute Gasteiger partial charge is 0.239 e. The first-order valence-corrected chi connectivity index (χ1v) is 8.06. The van der Waals surface area contributed by atoms with Crippen molar-refractivity contribution in [2.45, 2.75) is 6.92 Å². The molecule has 2 aromatic heterocycles. The van der Waals surface area contributed by atoms with Crippen LogP contribution in [-0.4, -0.2) is 29.0 Å². The Kier molecular flexibility index (Phi) is 4.91. The molecule has 6 heteroatoms. The summed E-state index contributed by atoms with van der Waals surface area (Å²) in [6.45, 7) is 2.64. The molecule has 3 rings (SSSR count). The number of nitrogens with one attached hydrogen (secondary N) is 2. The number of carbonyl (C=O) groups excluding carboxylic acids is 1. The second-order valence-electron chi connectivity index (χ2n) is 5.27. The summed E-state index contributed by atoms with van der Waals surface area (Å²) in [6.07, 6.45) is 3.36. The molecule has 122 valence electrons. The second-order valence-corrected chi connectivity index (χ2v) is 5.68. The summed E-state index contributed by atoms with van der Waals surface area (Å²) in [5, 5.41) is 7.31. The number of hydrogen-bond acceptors (Lipinski definition) is 4. The van der Waals surface area contributed by atoms with E-state index >= 15 is 0 Å². The summed E-state index contributed by atoms with van der Waals surface area (Å²) in [5.41, 5.74) is 2.66. The number of anilines is 1. The van der Waals surface area contributed by atoms with E-state index in [1.54, 1.807) is 12.4 Å². The van der Waals surface area contributed by atoms with Crippen molar-refractivity contribution in [2.24, 2.45) is 0 Å². The monoisotopic (exact) mass is 340 g/mol. The molecule has 0 fully saturated rings. The fraction of sp³-hybridized carbons (Fsp3) is 0.167. The number of pyridine rings is 2. The maximum absolute atomic E-state index is 11.5. The van der Waals surface area contributed by atoms with Gasteiger partial charge in [-0.3, -0.25) is 9.78 Å². The van der Waals surface area contributed by atoms with Crippen molar-refractivity contribution >= 4 is 34.2 Å². The van der Waals surface area contributed by atoms with E-state index in [2.05, 4.69) is 20.6 Å². The van der Waals surface area contributed by atoms with E-state index in [1.165, 1.54) is 0 Å². The van der Waals surface area contributed by atoms with Crippen molar-refractivity contribution in [3.63, 3.8) is 0 Å². The maximum atomic E-state index is 11.5. The maximum Gasteiger partial charge on any atom is 0.239 e. The Morgan fingerprint density at radius 3 is 2.83 bits per heavy atom. The zero-order valence-corrected chi connectivity index (χ0v) is 14.0. The molecule has 3 aromatic rings. The van der Waals surface area contributed by atoms with Crippen molar-refractivity contribution in [3.05, 3.63) is 53.8 Å². The Labute approximate surface area is 145 Å². The van der Waals surface area contributed by atoms with Crippen LogP contribution in [0.15, 0.2) is 48.8 Å². The molecule has 0 saturated carbocycles. The zero-order valence-electron chi connectivity index (χ0n) is 13.2. The molecule has 0 aliphatic rings. The van der Waals surface area contributed by atoms with Gasteiger partial charge in [-0.15, -0.1) is 0 Å². The lowest BCUT2D eigenvalue weighted by Crippen LogP contribution is -2.29. The molecule has 5 nitrogen and oxygen atoms in total. The Morgan fingerprint density at radius 2 is 2.00 bits per heavy atom. The van der Waals surface area contributed by atoms with Crippen molar-refractivity contribution in [3.8, 4) is 11.1 Å². The van der Waals surface area contributed by atoms with Gasteiger partial charge in [0.1, 0.15) is 5.82 Å². The first-order valence-electron chi connectivity index (χ1n) is 7.68. The third-order valence-corrected chi connectivity index (χ3v) is 3.86. The molecule has 2 heterocycles. The number of aromatic nitrogens is 2. The molecule has 1 amide bonds. The van der Waals surface area contributed by atoms with Gasteiger partial charge in [0.25, 0.3) is 0 Å². The first-order chi connectivity index (χ1) is 11.7. The second kappa shape index (κ2) is 7.27. The molecule has 0 unspecified atom stereocenters. The molecular formula is C18H17ClN4O. The van der Waals surface area contributed by atoms with Gasteiger partial charge < -0.3 is 10.6 Å². The molecule has 0 atom stereocenters. The Morgan fingerprint density at radius 1 is 1.17 bits per heavy atom. The van der Waals surface area contributed by atoms with Gasteiger partial charge in [-0.1, -0.05) is 29.8 Å². The molecule has 24 heavy (non-hydrogen) atoms. The Hall–Kier alpha value is -2.66. The van der Waals surface area contributed by atoms with Crippen LogP contribution in [0.1, 0.15) is 6.92 Å². The van der Waals surface area contributed by atoms with Gasteiger partial charge in [0.2, 0.25) is 5.91 Å². The van der Waals surface area contributed by atoms with Crippen molar-refractivity contribution in [1.29, 1.82) is 0 Å². The number of likely N-dealkylation sites (N-methyl/N-ethyl adjacent to an activating group) is 1. The Balaban J connectivity index is 1.88. The predicted molar refractivity (Wildman–Crippen MR) is 97.2 cm³/mol. The SMILES string of the molecule is CCNC(=O)CNc1cc(-c2cnc3ccccc3c2)c(Cl)cn1. The number of rotatable bonds is 5. The minimum absolute atomic E-state index is 0.0804. The van der Waals surface area contributed by atoms with E-state index in [1.807, 2.05) is 43.3 Å². The van der Waals surface area contributed by atoms with Gasteiger partial charge in [0, 0.05) is 35.5 Å². The molecule has 2 N–H and O–H groups in total. The number of para-hydroxylation sites is 1. The third-order valence-electron chi connectivity index (χ3n) is 3.56. The van der Waals surface area contributed by atoms with Crippen LogP contribution in [0.4, 0.5) is 5.82 Å². The van der Waals surface area contributed by atoms with E-state index in [0.29, 0.717) is 17.4 Å². The molecule has 0 aliphatic carbocycles. The fourth-order valence-electron chi connectivity index (χ4n) is 2.41. The topological polar surface area (TPSA) is 66.9 Å². The van der Waals surface area contributed by atoms with Gasteiger partial charge in [-0.05, 0) is 25.1 Å². The molecule has 0 saturated heterocycles. The van der Waals surface area contributed by atoms with Crippen LogP contribution in [0.3, 0.4) is 0 Å². The van der Waals surface area contributed by atoms with E-state index in [-0.39, 0.29) is 12.5 Å². The summed E-state index contributed by atoms with van der Waals surface area (Å²) >= 11 is 6.30. The molecule has 0 bridgehead atoms. The van der Waals surface area contributed by atoms with Crippen LogP contribution < -0.4 is 10.6 Å². The summed E-state index contributed by atoms with van der Waals surface area (Å²) in [5.74, 6) is 0.511. The first kappa shape index (κ1) is 16.2. The number of halogens is 1. The van der Waals surface area contributed by atoms with Crippen LogP contribution in [0, 0.1) is 0 Å². The lowest BCUT2D eigenvalue weighted by atomic mass is 10.1. The average Bonchev–Trinajstić information content (AvgIpc) is 2.61. The van der Waals surface area contributed by atoms with Crippen molar-refractivity contribution in [1.82, 2.24) is 15.3 Å². The highest BCUT2D eigenvalue weighted by Gasteiger charge is 2.08. The summed E-state index contributed by atoms with van der Waals surface area (Å²) in [7, 11) is 0. The number of fused-ring (bicyclic) bond motifs is 1. The van der Waals surface area contributed by atoms with E-state index in [4.69, 9.17) is 11.6 Å². The van der Waals surface area contributed by atoms with Crippen LogP contribution >= 0.6 is 11.6 Å². The van der Waals surface area contributed by atoms with Gasteiger partial charge in [0.15, 0.2) is 0 Å². The van der Waals surface area contributed by atoms with Crippen LogP contribution in [0.2, 0.25) is 5.02 Å². The molecular weight excluding hydrogens is 324 g/mol. The quantitative estimate of drug-likeness (QED) is 0.746. The predicted octanol–water partition coefficient (Wildman–Crippen LogP) is 3.50. The highest BCUT2D eigenvalue weighted by molar-refractivity contribution is 6.33. The Bertz CT molecular complexity index is 882. The number of benzene rings is 1. The number of hydrogen-bond donors (Lipinski definition) is 2. The highest BCUT2D eigenvalue weighted by atomic mass is 35.5. The van der Waals surface area contributed by atoms with E-state index < -0.39 is 0 Å². The van der Waals surface area contributed by atoms with Crippen molar-refractivity contribution < 1.29 is 4.79 Å². The van der Waals surface area contributed by atoms with Crippen LogP contribution in [0.25, 0.3) is 22.0 Å². The minimum atomic E-state index is -0.0804. The minimum Gasteiger partial charge on any atom is -0.361 e. The van der Waals surface area contributed by atoms with Gasteiger partial charge >= 0.3 is 0 Å². The normalized spacial score (nSPS) is 10.6. The number of amides is 1.